The molecule has 0 saturated heterocycles. The maximum atomic E-state index is 15.5. The fourth-order valence-electron chi connectivity index (χ4n) is 5.00. The van der Waals surface area contributed by atoms with Crippen LogP contribution in [-0.4, -0.2) is 42.7 Å². The molecule has 2 aliphatic carbocycles. The molecule has 1 heterocycles. The molecular weight excluding hydrogens is 539 g/mol. The SMILES string of the molecule is C=CCOc1cc(N(Cc2cncc(C(=O)OC)c2)C(=O)C2=C(C(=O)OC3CCCC3)CCCC2)c(F)cc1Cl. The van der Waals surface area contributed by atoms with Gasteiger partial charge in [0.1, 0.15) is 24.3 Å². The second-order valence-electron chi connectivity index (χ2n) is 9.77. The molecule has 1 saturated carbocycles. The predicted molar refractivity (Wildman–Crippen MR) is 148 cm³/mol. The zero-order valence-electron chi connectivity index (χ0n) is 22.4. The van der Waals surface area contributed by atoms with Crippen LogP contribution in [0.5, 0.6) is 5.75 Å². The summed E-state index contributed by atoms with van der Waals surface area (Å²) in [4.78, 5) is 44.8. The third-order valence-corrected chi connectivity index (χ3v) is 7.29. The number of carbonyl (C=O) groups is 3. The van der Waals surface area contributed by atoms with E-state index < -0.39 is 23.7 Å². The van der Waals surface area contributed by atoms with E-state index in [1.165, 1.54) is 42.6 Å². The monoisotopic (exact) mass is 570 g/mol. The van der Waals surface area contributed by atoms with E-state index in [4.69, 9.17) is 25.8 Å². The highest BCUT2D eigenvalue weighted by molar-refractivity contribution is 6.32. The number of hydrogen-bond acceptors (Lipinski definition) is 7. The van der Waals surface area contributed by atoms with Crippen molar-refractivity contribution in [3.63, 3.8) is 0 Å². The van der Waals surface area contributed by atoms with E-state index >= 15 is 4.39 Å². The van der Waals surface area contributed by atoms with Crippen LogP contribution in [-0.2, 0) is 25.6 Å². The van der Waals surface area contributed by atoms with Crippen molar-refractivity contribution in [2.45, 2.75) is 64.0 Å². The lowest BCUT2D eigenvalue weighted by Crippen LogP contribution is -2.35. The number of pyridine rings is 1. The molecule has 8 nitrogen and oxygen atoms in total. The van der Waals surface area contributed by atoms with E-state index in [9.17, 15) is 14.4 Å². The fourth-order valence-corrected chi connectivity index (χ4v) is 5.20. The number of carbonyl (C=O) groups excluding carboxylic acids is 3. The first-order valence-electron chi connectivity index (χ1n) is 13.3. The van der Waals surface area contributed by atoms with E-state index in [1.807, 2.05) is 0 Å². The highest BCUT2D eigenvalue weighted by atomic mass is 35.5. The Hall–Kier alpha value is -3.72. The number of aromatic nitrogens is 1. The zero-order valence-corrected chi connectivity index (χ0v) is 23.2. The van der Waals surface area contributed by atoms with Crippen LogP contribution in [0.15, 0.2) is 54.4 Å². The maximum Gasteiger partial charge on any atom is 0.339 e. The van der Waals surface area contributed by atoms with Crippen molar-refractivity contribution in [1.29, 1.82) is 0 Å². The summed E-state index contributed by atoms with van der Waals surface area (Å²) in [7, 11) is 1.25. The van der Waals surface area contributed by atoms with Gasteiger partial charge in [0.2, 0.25) is 0 Å². The number of nitrogens with zero attached hydrogens (tertiary/aromatic N) is 2. The minimum atomic E-state index is -0.757. The lowest BCUT2D eigenvalue weighted by molar-refractivity contribution is -0.144. The summed E-state index contributed by atoms with van der Waals surface area (Å²) in [5.74, 6) is -2.23. The van der Waals surface area contributed by atoms with E-state index in [-0.39, 0.29) is 46.9 Å². The Labute approximate surface area is 237 Å². The van der Waals surface area contributed by atoms with Crippen LogP contribution in [0.2, 0.25) is 5.02 Å². The van der Waals surface area contributed by atoms with Gasteiger partial charge in [-0.2, -0.15) is 0 Å². The molecule has 0 spiro atoms. The fraction of sp³-hybridized carbons (Fsp3) is 0.400. The molecule has 1 aromatic heterocycles. The van der Waals surface area contributed by atoms with Crippen LogP contribution < -0.4 is 9.64 Å². The van der Waals surface area contributed by atoms with Gasteiger partial charge < -0.3 is 19.1 Å². The lowest BCUT2D eigenvalue weighted by Gasteiger charge is -2.28. The number of benzene rings is 1. The first kappa shape index (κ1) is 29.3. The van der Waals surface area contributed by atoms with Crippen LogP contribution in [0, 0.1) is 5.82 Å². The number of ether oxygens (including phenoxy) is 3. The molecule has 212 valence electrons. The van der Waals surface area contributed by atoms with Crippen LogP contribution in [0.4, 0.5) is 10.1 Å². The lowest BCUT2D eigenvalue weighted by atomic mass is 9.90. The maximum absolute atomic E-state index is 15.5. The van der Waals surface area contributed by atoms with Gasteiger partial charge in [-0.1, -0.05) is 24.3 Å². The molecule has 1 fully saturated rings. The van der Waals surface area contributed by atoms with Gasteiger partial charge in [-0.3, -0.25) is 9.78 Å². The summed E-state index contributed by atoms with van der Waals surface area (Å²) in [6, 6.07) is 3.94. The molecule has 0 aliphatic heterocycles. The predicted octanol–water partition coefficient (Wildman–Crippen LogP) is 6.12. The summed E-state index contributed by atoms with van der Waals surface area (Å²) in [6.45, 7) is 3.58. The molecule has 4 rings (SSSR count). The second kappa shape index (κ2) is 13.6. The molecule has 0 atom stereocenters. The van der Waals surface area contributed by atoms with Crippen LogP contribution in [0.3, 0.4) is 0 Å². The van der Waals surface area contributed by atoms with Crippen LogP contribution >= 0.6 is 11.6 Å². The Bertz CT molecular complexity index is 1320. The van der Waals surface area contributed by atoms with Crippen molar-refractivity contribution >= 4 is 35.1 Å². The summed E-state index contributed by atoms with van der Waals surface area (Å²) < 4.78 is 31.6. The van der Waals surface area contributed by atoms with Crippen molar-refractivity contribution in [3.8, 4) is 5.75 Å². The van der Waals surface area contributed by atoms with Gasteiger partial charge in [0.25, 0.3) is 5.91 Å². The van der Waals surface area contributed by atoms with E-state index in [2.05, 4.69) is 11.6 Å². The first-order chi connectivity index (χ1) is 19.3. The summed E-state index contributed by atoms with van der Waals surface area (Å²) in [5.41, 5.74) is 1.14. The smallest absolute Gasteiger partial charge is 0.339 e. The van der Waals surface area contributed by atoms with Gasteiger partial charge in [-0.05, 0) is 69.1 Å². The van der Waals surface area contributed by atoms with Gasteiger partial charge >= 0.3 is 11.9 Å². The number of halogens is 2. The zero-order chi connectivity index (χ0) is 28.6. The van der Waals surface area contributed by atoms with Gasteiger partial charge in [0.15, 0.2) is 0 Å². The minimum absolute atomic E-state index is 0.0302. The first-order valence-corrected chi connectivity index (χ1v) is 13.7. The van der Waals surface area contributed by atoms with Crippen molar-refractivity contribution in [2.24, 2.45) is 0 Å². The minimum Gasteiger partial charge on any atom is -0.488 e. The van der Waals surface area contributed by atoms with Gasteiger partial charge in [0.05, 0.1) is 29.9 Å². The van der Waals surface area contributed by atoms with E-state index in [0.29, 0.717) is 30.4 Å². The summed E-state index contributed by atoms with van der Waals surface area (Å²) >= 11 is 6.21. The summed E-state index contributed by atoms with van der Waals surface area (Å²) in [6.07, 6.45) is 9.98. The van der Waals surface area contributed by atoms with E-state index in [1.54, 1.807) is 0 Å². The summed E-state index contributed by atoms with van der Waals surface area (Å²) in [5, 5.41) is 0.0302. The quantitative estimate of drug-likeness (QED) is 0.251. The Morgan fingerprint density at radius 1 is 1.07 bits per heavy atom. The van der Waals surface area contributed by atoms with Crippen molar-refractivity contribution in [2.75, 3.05) is 18.6 Å². The number of amides is 1. The standard InChI is InChI=1S/C30H32ClFN2O6/c1-3-12-39-27-15-26(25(32)14-24(27)31)34(18-19-13-20(17-33-16-19)29(36)38-2)28(35)22-10-6-7-11-23(22)30(37)40-21-8-4-5-9-21/h3,13-17,21H,1,4-12,18H2,2H3. The molecule has 0 bridgehead atoms. The number of hydrogen-bond donors (Lipinski definition) is 0. The molecular formula is C30H32ClFN2O6. The Morgan fingerprint density at radius 2 is 1.80 bits per heavy atom. The normalized spacial score (nSPS) is 15.5. The third-order valence-electron chi connectivity index (χ3n) is 7.00. The van der Waals surface area contributed by atoms with E-state index in [0.717, 1.165) is 38.2 Å². The van der Waals surface area contributed by atoms with Crippen molar-refractivity contribution in [3.05, 3.63) is 76.4 Å². The third kappa shape index (κ3) is 6.88. The average Bonchev–Trinajstić information content (AvgIpc) is 3.48. The molecule has 2 aliphatic rings. The number of rotatable bonds is 10. The highest BCUT2D eigenvalue weighted by Gasteiger charge is 2.32. The van der Waals surface area contributed by atoms with Gasteiger partial charge in [0, 0.05) is 29.6 Å². The molecule has 0 unspecified atom stereocenters. The van der Waals surface area contributed by atoms with Gasteiger partial charge in [-0.15, -0.1) is 0 Å². The molecule has 2 aromatic rings. The van der Waals surface area contributed by atoms with Crippen LogP contribution in [0.25, 0.3) is 0 Å². The van der Waals surface area contributed by atoms with Gasteiger partial charge in [-0.25, -0.2) is 14.0 Å². The highest BCUT2D eigenvalue weighted by Crippen LogP contribution is 2.36. The number of anilines is 1. The molecule has 10 heteroatoms. The average molecular weight is 571 g/mol. The second-order valence-corrected chi connectivity index (χ2v) is 10.2. The largest absolute Gasteiger partial charge is 0.488 e. The molecule has 0 radical (unpaired) electrons. The Balaban J connectivity index is 1.77. The molecule has 0 N–H and O–H groups in total. The van der Waals surface area contributed by atoms with Crippen molar-refractivity contribution in [1.82, 2.24) is 4.98 Å². The van der Waals surface area contributed by atoms with Crippen LogP contribution in [0.1, 0.15) is 67.3 Å². The molecule has 1 aromatic carbocycles. The Kier molecular flexibility index (Phi) is 9.93. The molecule has 40 heavy (non-hydrogen) atoms. The van der Waals surface area contributed by atoms with Crippen molar-refractivity contribution < 1.29 is 33.0 Å². The molecule has 1 amide bonds. The topological polar surface area (TPSA) is 95.0 Å². The Morgan fingerprint density at radius 3 is 2.50 bits per heavy atom. The number of esters is 2. The number of methoxy groups -OCH3 is 1.